The molecule has 31 heavy (non-hydrogen) atoms. The number of alkyl halides is 3. The Labute approximate surface area is 175 Å². The molecule has 0 aliphatic carbocycles. The SMILES string of the molecule is CCO[C@H]1C[C@@H](C(=O)O)N(c2cc(C(F)(F)F)c(=O)n(Cc3ccc(OC)cc3)n2)C1. The van der Waals surface area contributed by atoms with E-state index < -0.39 is 35.4 Å². The van der Waals surface area contributed by atoms with E-state index in [1.54, 1.807) is 31.2 Å². The van der Waals surface area contributed by atoms with Gasteiger partial charge in [0, 0.05) is 25.6 Å². The predicted molar refractivity (Wildman–Crippen MR) is 104 cm³/mol. The molecule has 1 aromatic heterocycles. The van der Waals surface area contributed by atoms with Crippen LogP contribution in [0.1, 0.15) is 24.5 Å². The number of aromatic nitrogens is 2. The van der Waals surface area contributed by atoms with E-state index >= 15 is 0 Å². The van der Waals surface area contributed by atoms with E-state index in [4.69, 9.17) is 9.47 Å². The highest BCUT2D eigenvalue weighted by atomic mass is 19.4. The van der Waals surface area contributed by atoms with Gasteiger partial charge in [-0.15, -0.1) is 0 Å². The maximum absolute atomic E-state index is 13.6. The van der Waals surface area contributed by atoms with Gasteiger partial charge in [-0.1, -0.05) is 12.1 Å². The van der Waals surface area contributed by atoms with Crippen molar-refractivity contribution in [3.05, 3.63) is 51.8 Å². The number of anilines is 1. The smallest absolute Gasteiger partial charge is 0.421 e. The number of benzene rings is 1. The summed E-state index contributed by atoms with van der Waals surface area (Å²) in [6, 6.07) is 5.93. The fourth-order valence-electron chi connectivity index (χ4n) is 3.52. The van der Waals surface area contributed by atoms with E-state index in [0.29, 0.717) is 28.7 Å². The van der Waals surface area contributed by atoms with Gasteiger partial charge in [-0.3, -0.25) is 4.79 Å². The normalized spacial score (nSPS) is 18.9. The molecule has 168 valence electrons. The Balaban J connectivity index is 2.04. The zero-order chi connectivity index (χ0) is 22.8. The molecule has 2 heterocycles. The van der Waals surface area contributed by atoms with Crippen molar-refractivity contribution in [2.45, 2.75) is 38.2 Å². The summed E-state index contributed by atoms with van der Waals surface area (Å²) in [5, 5.41) is 13.6. The number of carbonyl (C=O) groups is 1. The molecule has 1 aromatic carbocycles. The number of halogens is 3. The molecule has 0 saturated carbocycles. The molecule has 1 fully saturated rings. The van der Waals surface area contributed by atoms with Gasteiger partial charge in [0.25, 0.3) is 5.56 Å². The van der Waals surface area contributed by atoms with E-state index in [-0.39, 0.29) is 25.3 Å². The van der Waals surface area contributed by atoms with Crippen molar-refractivity contribution in [1.82, 2.24) is 9.78 Å². The van der Waals surface area contributed by atoms with Crippen molar-refractivity contribution in [2.75, 3.05) is 25.2 Å². The fraction of sp³-hybridized carbons (Fsp3) is 0.450. The van der Waals surface area contributed by atoms with Crippen molar-refractivity contribution < 1.29 is 32.5 Å². The number of methoxy groups -OCH3 is 1. The van der Waals surface area contributed by atoms with Crippen molar-refractivity contribution in [2.24, 2.45) is 0 Å². The number of aliphatic carboxylic acids is 1. The quantitative estimate of drug-likeness (QED) is 0.705. The van der Waals surface area contributed by atoms with Crippen LogP contribution < -0.4 is 15.2 Å². The molecule has 0 unspecified atom stereocenters. The molecule has 0 spiro atoms. The minimum atomic E-state index is -4.92. The van der Waals surface area contributed by atoms with Gasteiger partial charge in [0.2, 0.25) is 0 Å². The second-order valence-corrected chi connectivity index (χ2v) is 7.04. The zero-order valence-electron chi connectivity index (χ0n) is 16.9. The van der Waals surface area contributed by atoms with Gasteiger partial charge in [-0.25, -0.2) is 9.48 Å². The number of rotatable bonds is 7. The lowest BCUT2D eigenvalue weighted by atomic mass is 10.2. The van der Waals surface area contributed by atoms with Gasteiger partial charge < -0.3 is 19.5 Å². The summed E-state index contributed by atoms with van der Waals surface area (Å²) >= 11 is 0. The Morgan fingerprint density at radius 2 is 1.97 bits per heavy atom. The van der Waals surface area contributed by atoms with Crippen LogP contribution in [0.2, 0.25) is 0 Å². The highest BCUT2D eigenvalue weighted by molar-refractivity contribution is 5.78. The Morgan fingerprint density at radius 3 is 2.52 bits per heavy atom. The monoisotopic (exact) mass is 441 g/mol. The average molecular weight is 441 g/mol. The van der Waals surface area contributed by atoms with Crippen LogP contribution in [-0.4, -0.2) is 53.3 Å². The largest absolute Gasteiger partial charge is 0.497 e. The molecular formula is C20H22F3N3O5. The second-order valence-electron chi connectivity index (χ2n) is 7.04. The molecule has 0 bridgehead atoms. The molecule has 11 heteroatoms. The van der Waals surface area contributed by atoms with Gasteiger partial charge in [0.05, 0.1) is 19.8 Å². The molecule has 3 rings (SSSR count). The van der Waals surface area contributed by atoms with E-state index in [2.05, 4.69) is 5.10 Å². The van der Waals surface area contributed by atoms with Crippen LogP contribution in [0.5, 0.6) is 5.75 Å². The summed E-state index contributed by atoms with van der Waals surface area (Å²) in [6.45, 7) is 1.91. The molecule has 8 nitrogen and oxygen atoms in total. The number of nitrogens with zero attached hydrogens (tertiary/aromatic N) is 3. The second kappa shape index (κ2) is 8.96. The first-order chi connectivity index (χ1) is 14.6. The molecule has 1 aliphatic heterocycles. The zero-order valence-corrected chi connectivity index (χ0v) is 16.9. The third kappa shape index (κ3) is 4.98. The van der Waals surface area contributed by atoms with E-state index in [1.807, 2.05) is 0 Å². The van der Waals surface area contributed by atoms with E-state index in [0.717, 1.165) is 0 Å². The minimum absolute atomic E-state index is 0.0514. The van der Waals surface area contributed by atoms with Crippen LogP contribution in [0.4, 0.5) is 19.0 Å². The highest BCUT2D eigenvalue weighted by Crippen LogP contribution is 2.31. The molecule has 1 N–H and O–H groups in total. The Hall–Kier alpha value is -3.08. The Bertz CT molecular complexity index is 991. The summed E-state index contributed by atoms with van der Waals surface area (Å²) in [7, 11) is 1.48. The molecule has 2 atom stereocenters. The van der Waals surface area contributed by atoms with Gasteiger partial charge in [0.15, 0.2) is 5.82 Å². The molecule has 1 aliphatic rings. The fourth-order valence-corrected chi connectivity index (χ4v) is 3.52. The number of carboxylic acid groups (broad SMARTS) is 1. The van der Waals surface area contributed by atoms with E-state index in [1.165, 1.54) is 12.0 Å². The van der Waals surface area contributed by atoms with Crippen LogP contribution in [-0.2, 0) is 22.3 Å². The van der Waals surface area contributed by atoms with Crippen molar-refractivity contribution >= 4 is 11.8 Å². The minimum Gasteiger partial charge on any atom is -0.497 e. The van der Waals surface area contributed by atoms with Crippen LogP contribution in [0.25, 0.3) is 0 Å². The summed E-state index contributed by atoms with van der Waals surface area (Å²) in [6.07, 6.45) is -5.29. The molecule has 2 aromatic rings. The number of hydrogen-bond donors (Lipinski definition) is 1. The summed E-state index contributed by atoms with van der Waals surface area (Å²) in [5.74, 6) is -0.891. The maximum atomic E-state index is 13.6. The Morgan fingerprint density at radius 1 is 1.29 bits per heavy atom. The first-order valence-electron chi connectivity index (χ1n) is 9.57. The lowest BCUT2D eigenvalue weighted by Crippen LogP contribution is -2.39. The average Bonchev–Trinajstić information content (AvgIpc) is 3.14. The van der Waals surface area contributed by atoms with Gasteiger partial charge in [-0.05, 0) is 24.6 Å². The lowest BCUT2D eigenvalue weighted by molar-refractivity contribution is -0.139. The molecule has 0 radical (unpaired) electrons. The van der Waals surface area contributed by atoms with Gasteiger partial charge in [-0.2, -0.15) is 18.3 Å². The number of hydrogen-bond acceptors (Lipinski definition) is 6. The third-order valence-electron chi connectivity index (χ3n) is 5.00. The number of carboxylic acids is 1. The van der Waals surface area contributed by atoms with E-state index in [9.17, 15) is 27.9 Å². The summed E-state index contributed by atoms with van der Waals surface area (Å²) in [5.41, 5.74) is -2.18. The molecule has 0 amide bonds. The highest BCUT2D eigenvalue weighted by Gasteiger charge is 2.41. The predicted octanol–water partition coefficient (Wildman–Crippen LogP) is 2.39. The van der Waals surface area contributed by atoms with Crippen molar-refractivity contribution in [3.8, 4) is 5.75 Å². The van der Waals surface area contributed by atoms with Crippen LogP contribution >= 0.6 is 0 Å². The summed E-state index contributed by atoms with van der Waals surface area (Å²) in [4.78, 5) is 25.4. The first-order valence-corrected chi connectivity index (χ1v) is 9.57. The van der Waals surface area contributed by atoms with Crippen LogP contribution in [0.15, 0.2) is 35.1 Å². The first kappa shape index (κ1) is 22.6. The van der Waals surface area contributed by atoms with Crippen LogP contribution in [0, 0.1) is 0 Å². The van der Waals surface area contributed by atoms with Gasteiger partial charge >= 0.3 is 12.1 Å². The lowest BCUT2D eigenvalue weighted by Gasteiger charge is -2.24. The summed E-state index contributed by atoms with van der Waals surface area (Å²) < 4.78 is 51.9. The molecule has 1 saturated heterocycles. The Kier molecular flexibility index (Phi) is 6.54. The third-order valence-corrected chi connectivity index (χ3v) is 5.00. The standard InChI is InChI=1S/C20H22F3N3O5/c1-3-31-14-8-16(19(28)29)25(11-14)17-9-15(20(21,22)23)18(27)26(24-17)10-12-4-6-13(30-2)7-5-12/h4-7,9,14,16H,3,8,10-11H2,1-2H3,(H,28,29)/t14-,16-/m0/s1. The maximum Gasteiger partial charge on any atom is 0.421 e. The molecular weight excluding hydrogens is 419 g/mol. The number of ether oxygens (including phenoxy) is 2. The van der Waals surface area contributed by atoms with Crippen LogP contribution in [0.3, 0.4) is 0 Å². The van der Waals surface area contributed by atoms with Crippen molar-refractivity contribution in [3.63, 3.8) is 0 Å². The topological polar surface area (TPSA) is 93.9 Å². The van der Waals surface area contributed by atoms with Crippen molar-refractivity contribution in [1.29, 1.82) is 0 Å². The van der Waals surface area contributed by atoms with Gasteiger partial charge in [0.1, 0.15) is 17.4 Å².